The zero-order valence-corrected chi connectivity index (χ0v) is 15.0. The highest BCUT2D eigenvalue weighted by molar-refractivity contribution is 6.32. The number of halogens is 2. The summed E-state index contributed by atoms with van der Waals surface area (Å²) in [7, 11) is 0. The van der Waals surface area contributed by atoms with Crippen molar-refractivity contribution in [1.82, 2.24) is 4.57 Å². The third-order valence-corrected chi connectivity index (χ3v) is 4.25. The molecule has 3 aromatic rings. The fourth-order valence-electron chi connectivity index (χ4n) is 2.55. The Bertz CT molecular complexity index is 1110. The van der Waals surface area contributed by atoms with E-state index in [2.05, 4.69) is 5.32 Å². The van der Waals surface area contributed by atoms with Gasteiger partial charge in [0, 0.05) is 18.0 Å². The molecular formula is C19H13ClFN3O4. The SMILES string of the molecule is O=C(Nc1ccc(Cl)c([N+](=O)[O-])c1)c1cccn(Cc2ccc(F)cc2)c1=O. The van der Waals surface area contributed by atoms with Gasteiger partial charge >= 0.3 is 0 Å². The third-order valence-electron chi connectivity index (χ3n) is 3.93. The molecular weight excluding hydrogens is 389 g/mol. The minimum Gasteiger partial charge on any atom is -0.322 e. The number of hydrogen-bond acceptors (Lipinski definition) is 4. The standard InChI is InChI=1S/C19H13ClFN3O4/c20-16-8-7-14(10-17(16)24(27)28)22-18(25)15-2-1-9-23(19(15)26)11-12-3-5-13(21)6-4-12/h1-10H,11H2,(H,22,25). The van der Waals surface area contributed by atoms with Crippen molar-refractivity contribution >= 4 is 28.9 Å². The van der Waals surface area contributed by atoms with E-state index in [0.29, 0.717) is 5.56 Å². The molecule has 0 unspecified atom stereocenters. The number of nitro benzene ring substituents is 1. The lowest BCUT2D eigenvalue weighted by Crippen LogP contribution is -2.29. The predicted molar refractivity (Wildman–Crippen MR) is 102 cm³/mol. The second-order valence-corrected chi connectivity index (χ2v) is 6.27. The molecule has 28 heavy (non-hydrogen) atoms. The van der Waals surface area contributed by atoms with Crippen molar-refractivity contribution in [3.8, 4) is 0 Å². The topological polar surface area (TPSA) is 94.2 Å². The fourth-order valence-corrected chi connectivity index (χ4v) is 2.74. The molecule has 1 aromatic heterocycles. The van der Waals surface area contributed by atoms with Crippen LogP contribution in [0.2, 0.25) is 5.02 Å². The number of pyridine rings is 1. The summed E-state index contributed by atoms with van der Waals surface area (Å²) in [5.41, 5.74) is -0.222. The van der Waals surface area contributed by atoms with Crippen LogP contribution < -0.4 is 10.9 Å². The van der Waals surface area contributed by atoms with Crippen molar-refractivity contribution in [2.24, 2.45) is 0 Å². The molecule has 0 saturated heterocycles. The molecule has 1 N–H and O–H groups in total. The van der Waals surface area contributed by atoms with Gasteiger partial charge in [-0.1, -0.05) is 23.7 Å². The van der Waals surface area contributed by atoms with Gasteiger partial charge in [-0.05, 0) is 42.0 Å². The van der Waals surface area contributed by atoms with Crippen LogP contribution in [0.3, 0.4) is 0 Å². The number of carbonyl (C=O) groups excluding carboxylic acids is 1. The summed E-state index contributed by atoms with van der Waals surface area (Å²) < 4.78 is 14.3. The highest BCUT2D eigenvalue weighted by atomic mass is 35.5. The van der Waals surface area contributed by atoms with E-state index in [4.69, 9.17) is 11.6 Å². The number of aromatic nitrogens is 1. The molecule has 0 aliphatic carbocycles. The van der Waals surface area contributed by atoms with Crippen molar-refractivity contribution in [3.05, 3.63) is 103 Å². The first kappa shape index (κ1) is 19.2. The summed E-state index contributed by atoms with van der Waals surface area (Å²) in [5, 5.41) is 13.3. The van der Waals surface area contributed by atoms with Crippen molar-refractivity contribution in [3.63, 3.8) is 0 Å². The van der Waals surface area contributed by atoms with Crippen molar-refractivity contribution < 1.29 is 14.1 Å². The second kappa shape index (κ2) is 8.01. The Morgan fingerprint density at radius 1 is 1.18 bits per heavy atom. The van der Waals surface area contributed by atoms with E-state index < -0.39 is 16.4 Å². The number of amides is 1. The van der Waals surface area contributed by atoms with Crippen LogP contribution in [0.15, 0.2) is 65.6 Å². The quantitative estimate of drug-likeness (QED) is 0.519. The maximum absolute atomic E-state index is 13.0. The molecule has 0 spiro atoms. The number of benzene rings is 2. The van der Waals surface area contributed by atoms with Crippen LogP contribution in [0.5, 0.6) is 0 Å². The smallest absolute Gasteiger partial charge is 0.289 e. The van der Waals surface area contributed by atoms with Crippen LogP contribution in [-0.4, -0.2) is 15.4 Å². The Hall–Kier alpha value is -3.52. The van der Waals surface area contributed by atoms with Gasteiger partial charge in [0.15, 0.2) is 0 Å². The zero-order valence-electron chi connectivity index (χ0n) is 14.3. The highest BCUT2D eigenvalue weighted by Gasteiger charge is 2.16. The van der Waals surface area contributed by atoms with Gasteiger partial charge in [-0.2, -0.15) is 0 Å². The summed E-state index contributed by atoms with van der Waals surface area (Å²) in [6.07, 6.45) is 1.51. The molecule has 0 fully saturated rings. The van der Waals surface area contributed by atoms with Crippen LogP contribution in [0.1, 0.15) is 15.9 Å². The Morgan fingerprint density at radius 2 is 1.89 bits per heavy atom. The largest absolute Gasteiger partial charge is 0.322 e. The number of nitrogens with one attached hydrogen (secondary N) is 1. The predicted octanol–water partition coefficient (Wildman–Crippen LogP) is 3.85. The molecule has 0 bridgehead atoms. The van der Waals surface area contributed by atoms with Gasteiger partial charge in [-0.15, -0.1) is 0 Å². The van der Waals surface area contributed by atoms with E-state index in [1.807, 2.05) is 0 Å². The van der Waals surface area contributed by atoms with Crippen LogP contribution in [0.4, 0.5) is 15.8 Å². The molecule has 0 aliphatic rings. The maximum Gasteiger partial charge on any atom is 0.289 e. The minimum atomic E-state index is -0.713. The summed E-state index contributed by atoms with van der Waals surface area (Å²) in [6, 6.07) is 12.3. The third kappa shape index (κ3) is 4.24. The lowest BCUT2D eigenvalue weighted by atomic mass is 10.2. The number of anilines is 1. The summed E-state index contributed by atoms with van der Waals surface area (Å²) in [4.78, 5) is 35.4. The molecule has 0 aliphatic heterocycles. The van der Waals surface area contributed by atoms with Crippen molar-refractivity contribution in [2.75, 3.05) is 5.32 Å². The van der Waals surface area contributed by atoms with Gasteiger partial charge in [-0.3, -0.25) is 19.7 Å². The highest BCUT2D eigenvalue weighted by Crippen LogP contribution is 2.27. The molecule has 0 atom stereocenters. The van der Waals surface area contributed by atoms with Crippen molar-refractivity contribution in [2.45, 2.75) is 6.54 Å². The Balaban J connectivity index is 1.85. The molecule has 1 amide bonds. The Labute approximate surface area is 163 Å². The number of nitrogens with zero attached hydrogens (tertiary/aromatic N) is 2. The molecule has 9 heteroatoms. The number of nitro groups is 1. The lowest BCUT2D eigenvalue weighted by molar-refractivity contribution is -0.384. The van der Waals surface area contributed by atoms with Crippen LogP contribution in [0.25, 0.3) is 0 Å². The lowest BCUT2D eigenvalue weighted by Gasteiger charge is -2.09. The normalized spacial score (nSPS) is 10.5. The maximum atomic E-state index is 13.0. The molecule has 1 heterocycles. The summed E-state index contributed by atoms with van der Waals surface area (Å²) in [5.74, 6) is -1.10. The van der Waals surface area contributed by atoms with Crippen LogP contribution >= 0.6 is 11.6 Å². The van der Waals surface area contributed by atoms with Crippen LogP contribution in [-0.2, 0) is 6.54 Å². The van der Waals surface area contributed by atoms with Gasteiger partial charge < -0.3 is 9.88 Å². The average Bonchev–Trinajstić information content (AvgIpc) is 2.66. The monoisotopic (exact) mass is 401 g/mol. The first-order valence-corrected chi connectivity index (χ1v) is 8.42. The fraction of sp³-hybridized carbons (Fsp3) is 0.0526. The number of carbonyl (C=O) groups is 1. The van der Waals surface area contributed by atoms with Gasteiger partial charge in [0.1, 0.15) is 16.4 Å². The zero-order chi connectivity index (χ0) is 20.3. The van der Waals surface area contributed by atoms with E-state index in [-0.39, 0.29) is 34.3 Å². The molecule has 0 radical (unpaired) electrons. The van der Waals surface area contributed by atoms with E-state index >= 15 is 0 Å². The van der Waals surface area contributed by atoms with Crippen molar-refractivity contribution in [1.29, 1.82) is 0 Å². The molecule has 7 nitrogen and oxygen atoms in total. The number of rotatable bonds is 5. The van der Waals surface area contributed by atoms with E-state index in [1.165, 1.54) is 47.2 Å². The molecule has 0 saturated carbocycles. The molecule has 3 rings (SSSR count). The van der Waals surface area contributed by atoms with E-state index in [9.17, 15) is 24.1 Å². The van der Waals surface area contributed by atoms with E-state index in [1.54, 1.807) is 12.1 Å². The van der Waals surface area contributed by atoms with Gasteiger partial charge in [-0.25, -0.2) is 4.39 Å². The van der Waals surface area contributed by atoms with Gasteiger partial charge in [0.05, 0.1) is 11.5 Å². The van der Waals surface area contributed by atoms with Gasteiger partial charge in [0.2, 0.25) is 0 Å². The number of hydrogen-bond donors (Lipinski definition) is 1. The second-order valence-electron chi connectivity index (χ2n) is 5.86. The Morgan fingerprint density at radius 3 is 2.57 bits per heavy atom. The average molecular weight is 402 g/mol. The van der Waals surface area contributed by atoms with E-state index in [0.717, 1.165) is 6.07 Å². The summed E-state index contributed by atoms with van der Waals surface area (Å²) >= 11 is 5.75. The first-order chi connectivity index (χ1) is 13.3. The summed E-state index contributed by atoms with van der Waals surface area (Å²) in [6.45, 7) is 0.159. The van der Waals surface area contributed by atoms with Gasteiger partial charge in [0.25, 0.3) is 17.2 Å². The molecule has 142 valence electrons. The van der Waals surface area contributed by atoms with Crippen LogP contribution in [0, 0.1) is 15.9 Å². The minimum absolute atomic E-state index is 0.0654. The first-order valence-electron chi connectivity index (χ1n) is 8.04. The molecule has 2 aromatic carbocycles. The Kier molecular flexibility index (Phi) is 5.51.